The number of nitrogens with one attached hydrogen (secondary N) is 14. The number of hydrogen-bond donors (Lipinski definition) is 21. The van der Waals surface area contributed by atoms with Gasteiger partial charge in [-0.15, -0.1) is 0 Å². The molecule has 2 aromatic carbocycles. The van der Waals surface area contributed by atoms with E-state index in [4.69, 9.17) is 33.8 Å². The van der Waals surface area contributed by atoms with Crippen molar-refractivity contribution in [1.82, 2.24) is 63.8 Å². The van der Waals surface area contributed by atoms with Crippen molar-refractivity contribution in [2.45, 2.75) is 185 Å². The van der Waals surface area contributed by atoms with Gasteiger partial charge in [-0.05, 0) is 118 Å². The lowest BCUT2D eigenvalue weighted by Crippen LogP contribution is -2.62. The number of nitrogens with two attached hydrogens (primary N) is 4. The van der Waals surface area contributed by atoms with Crippen molar-refractivity contribution >= 4 is 105 Å². The molecule has 11 atom stereocenters. The second-order valence-electron chi connectivity index (χ2n) is 23.8. The summed E-state index contributed by atoms with van der Waals surface area (Å²) >= 11 is 1.24. The first kappa shape index (κ1) is 82.2. The van der Waals surface area contributed by atoms with Crippen LogP contribution < -0.4 is 86.7 Å². The number of primary amides is 1. The summed E-state index contributed by atoms with van der Waals surface area (Å²) in [5.41, 5.74) is 22.8. The highest BCUT2D eigenvalue weighted by Crippen LogP contribution is 2.18. The highest BCUT2D eigenvalue weighted by molar-refractivity contribution is 7.98. The van der Waals surface area contributed by atoms with Crippen molar-refractivity contribution in [3.63, 3.8) is 0 Å². The molecule has 0 aliphatic carbocycles. The molecule has 530 valence electrons. The summed E-state index contributed by atoms with van der Waals surface area (Å²) in [6, 6.07) is -2.59. The van der Waals surface area contributed by atoms with Gasteiger partial charge in [-0.25, -0.2) is 0 Å². The van der Waals surface area contributed by atoms with Crippen LogP contribution in [0.3, 0.4) is 0 Å². The Kier molecular flexibility index (Phi) is 37.3. The third-order valence-electron chi connectivity index (χ3n) is 14.6. The number of carbonyl (C=O) groups excluding carboxylic acids is 11. The van der Waals surface area contributed by atoms with Crippen LogP contribution in [-0.4, -0.2) is 203 Å². The van der Waals surface area contributed by atoms with Gasteiger partial charge in [-0.1, -0.05) is 70.2 Å². The summed E-state index contributed by atoms with van der Waals surface area (Å²) in [6.07, 6.45) is -0.646. The molecule has 0 saturated heterocycles. The number of aliphatic carboxylic acids is 1. The predicted molar refractivity (Wildman–Crippen MR) is 356 cm³/mol. The van der Waals surface area contributed by atoms with Gasteiger partial charge in [-0.3, -0.25) is 68.4 Å². The number of amides is 11. The van der Waals surface area contributed by atoms with Gasteiger partial charge in [0.2, 0.25) is 65.0 Å². The Bertz CT molecular complexity index is 2940. The van der Waals surface area contributed by atoms with Gasteiger partial charge in [0.25, 0.3) is 0 Å². The Balaban J connectivity index is 2.53. The molecule has 0 spiro atoms. The molecule has 0 saturated carbocycles. The Hall–Kier alpha value is -8.89. The minimum absolute atomic E-state index is 0.0589. The van der Waals surface area contributed by atoms with E-state index < -0.39 is 150 Å². The molecule has 95 heavy (non-hydrogen) atoms. The van der Waals surface area contributed by atoms with Gasteiger partial charge in [-0.2, -0.15) is 11.8 Å². The van der Waals surface area contributed by atoms with Gasteiger partial charge in [0.05, 0.1) is 19.1 Å². The Morgan fingerprint density at radius 3 is 1.39 bits per heavy atom. The standard InChI is InChI=1S/C61H100N18O15S/c1-32(2)26-43(50(63)85)75-51(86)40(17-12-23-68-60(64)65)73-56(91)45(29-36-19-20-37-14-8-9-15-38(37)28-36)76-52(87)39(16-10-11-22-62)71-57(92)46(30-48(83)84)77-59(94)49(34(5)81)79-54(89)42(21-25-95-7)74-58(93)47(31-80)78-53(88)41(18-13-24-69-61(66)67)72-55(90)44(27-33(3)4)70-35(6)82/h8-9,14-15,19-20,28,32-34,39-47,49,80-81H,10-13,16-18,21-27,29-31,62H2,1-7H3,(H2,63,85)(H,70,82)(H,71,92)(H,72,90)(H,73,91)(H,74,93)(H,75,86)(H,76,87)(H,77,94)(H,78,88)(H,79,89)(H,83,84)(H4,64,65,68)(H4,66,67,69)/t34-,39+,40+,41+,42+,43+,44+,45+,46+,47+,49+/m1/s1. The number of carbonyl (C=O) groups is 12. The first-order valence-electron chi connectivity index (χ1n) is 31.4. The maximum absolute atomic E-state index is 14.6. The highest BCUT2D eigenvalue weighted by atomic mass is 32.2. The lowest BCUT2D eigenvalue weighted by Gasteiger charge is -2.29. The van der Waals surface area contributed by atoms with Crippen LogP contribution in [0.15, 0.2) is 42.5 Å². The quantitative estimate of drug-likeness (QED) is 0.0171. The zero-order valence-electron chi connectivity index (χ0n) is 55.0. The minimum atomic E-state index is -2.01. The maximum atomic E-state index is 14.6. The summed E-state index contributed by atoms with van der Waals surface area (Å²) in [5.74, 6) is -12.7. The fraction of sp³-hybridized carbons (Fsp3) is 0.607. The van der Waals surface area contributed by atoms with Crippen molar-refractivity contribution in [2.75, 3.05) is 38.2 Å². The van der Waals surface area contributed by atoms with Crippen LogP contribution in [0.4, 0.5) is 0 Å². The van der Waals surface area contributed by atoms with Gasteiger partial charge < -0.3 is 102 Å². The van der Waals surface area contributed by atoms with Gasteiger partial charge in [0.1, 0.15) is 60.4 Å². The second-order valence-corrected chi connectivity index (χ2v) is 24.8. The van der Waals surface area contributed by atoms with E-state index in [1.807, 2.05) is 45.9 Å². The molecule has 2 rings (SSSR count). The van der Waals surface area contributed by atoms with Crippen molar-refractivity contribution < 1.29 is 72.9 Å². The zero-order chi connectivity index (χ0) is 71.5. The average Bonchev–Trinajstić information content (AvgIpc) is 1.21. The van der Waals surface area contributed by atoms with E-state index >= 15 is 0 Å². The van der Waals surface area contributed by atoms with Crippen molar-refractivity contribution in [1.29, 1.82) is 10.8 Å². The van der Waals surface area contributed by atoms with Crippen molar-refractivity contribution in [2.24, 2.45) is 34.8 Å². The number of thioether (sulfide) groups is 1. The summed E-state index contributed by atoms with van der Waals surface area (Å²) in [4.78, 5) is 164. The Labute approximate surface area is 556 Å². The average molecular weight is 1360 g/mol. The van der Waals surface area contributed by atoms with Crippen molar-refractivity contribution in [3.05, 3.63) is 48.0 Å². The van der Waals surface area contributed by atoms with Crippen LogP contribution in [0.25, 0.3) is 10.8 Å². The number of guanidine groups is 2. The molecule has 0 unspecified atom stereocenters. The SMILES string of the molecule is CSCC[C@H](NC(=O)[C@H](CO)NC(=O)[C@H](CCCNC(=N)N)NC(=O)[C@H](CC(C)C)NC(C)=O)C(=O)N[C@H](C(=O)N[C@@H](CC(=O)O)C(=O)N[C@@H](CCCCN)C(=O)N[C@@H](Cc1ccc2ccccc2c1)C(=O)N[C@@H](CCCNC(=N)N)C(=O)N[C@@H](CC(C)C)C(N)=O)[C@@H](C)O. The van der Waals surface area contributed by atoms with Gasteiger partial charge in [0, 0.05) is 26.4 Å². The van der Waals surface area contributed by atoms with Crippen LogP contribution in [0.2, 0.25) is 0 Å². The third-order valence-corrected chi connectivity index (χ3v) is 15.2. The maximum Gasteiger partial charge on any atom is 0.305 e. The fourth-order valence-corrected chi connectivity index (χ4v) is 10.2. The fourth-order valence-electron chi connectivity index (χ4n) is 9.74. The molecular formula is C61H100N18O15S. The molecule has 0 aliphatic rings. The molecule has 2 aromatic rings. The monoisotopic (exact) mass is 1360 g/mol. The highest BCUT2D eigenvalue weighted by Gasteiger charge is 2.38. The number of rotatable bonds is 45. The largest absolute Gasteiger partial charge is 0.481 e. The molecule has 0 aliphatic heterocycles. The van der Waals surface area contributed by atoms with Crippen LogP contribution in [0.1, 0.15) is 118 Å². The normalized spacial score (nSPS) is 14.6. The Morgan fingerprint density at radius 1 is 0.505 bits per heavy atom. The third kappa shape index (κ3) is 31.7. The number of carboxylic acids is 1. The van der Waals surface area contributed by atoms with Crippen molar-refractivity contribution in [3.8, 4) is 0 Å². The number of aliphatic hydroxyl groups excluding tert-OH is 2. The minimum Gasteiger partial charge on any atom is -0.481 e. The molecule has 0 aromatic heterocycles. The first-order chi connectivity index (χ1) is 44.8. The topological polar surface area (TPSA) is 562 Å². The van der Waals surface area contributed by atoms with E-state index in [1.54, 1.807) is 30.5 Å². The number of unbranched alkanes of at least 4 members (excludes halogenated alkanes) is 1. The summed E-state index contributed by atoms with van der Waals surface area (Å²) in [5, 5.41) is 78.1. The lowest BCUT2D eigenvalue weighted by molar-refractivity contribution is -0.142. The molecule has 0 radical (unpaired) electrons. The molecule has 34 heteroatoms. The smallest absolute Gasteiger partial charge is 0.305 e. The number of carboxylic acid groups (broad SMARTS) is 1. The Morgan fingerprint density at radius 2 is 0.926 bits per heavy atom. The van der Waals surface area contributed by atoms with Crippen LogP contribution in [-0.2, 0) is 64.0 Å². The molecule has 0 heterocycles. The van der Waals surface area contributed by atoms with Crippen LogP contribution >= 0.6 is 11.8 Å². The van der Waals surface area contributed by atoms with Gasteiger partial charge in [0.15, 0.2) is 11.9 Å². The van der Waals surface area contributed by atoms with E-state index in [2.05, 4.69) is 63.8 Å². The molecule has 0 fully saturated rings. The summed E-state index contributed by atoms with van der Waals surface area (Å²) in [7, 11) is 0. The van der Waals surface area contributed by atoms with Crippen LogP contribution in [0.5, 0.6) is 0 Å². The summed E-state index contributed by atoms with van der Waals surface area (Å²) < 4.78 is 0. The molecule has 25 N–H and O–H groups in total. The summed E-state index contributed by atoms with van der Waals surface area (Å²) in [6.45, 7) is 8.86. The number of benzene rings is 2. The molecule has 0 bridgehead atoms. The lowest BCUT2D eigenvalue weighted by atomic mass is 9.99. The number of aliphatic hydroxyl groups is 2. The molecular weight excluding hydrogens is 1260 g/mol. The number of fused-ring (bicyclic) bond motifs is 1. The first-order valence-corrected chi connectivity index (χ1v) is 32.8. The van der Waals surface area contributed by atoms with E-state index in [1.165, 1.54) is 18.7 Å². The van der Waals surface area contributed by atoms with Gasteiger partial charge >= 0.3 is 5.97 Å². The van der Waals surface area contributed by atoms with Crippen LogP contribution in [0, 0.1) is 22.7 Å². The molecule has 11 amide bonds. The molecule has 33 nitrogen and oxygen atoms in total. The second kappa shape index (κ2) is 43.2. The van der Waals surface area contributed by atoms with E-state index in [-0.39, 0.29) is 113 Å². The number of hydrogen-bond acceptors (Lipinski definition) is 18. The van der Waals surface area contributed by atoms with E-state index in [9.17, 15) is 72.9 Å². The van der Waals surface area contributed by atoms with E-state index in [0.717, 1.165) is 17.7 Å². The predicted octanol–water partition coefficient (Wildman–Crippen LogP) is -3.92. The van der Waals surface area contributed by atoms with E-state index in [0.29, 0.717) is 12.0 Å². The zero-order valence-corrected chi connectivity index (χ0v) is 55.8.